The monoisotopic (exact) mass is 373 g/mol. The van der Waals surface area contributed by atoms with Gasteiger partial charge in [-0.15, -0.1) is 10.2 Å². The molecule has 136 valence electrons. The highest BCUT2D eigenvalue weighted by Crippen LogP contribution is 2.26. The van der Waals surface area contributed by atoms with Crippen LogP contribution in [0.3, 0.4) is 0 Å². The van der Waals surface area contributed by atoms with E-state index in [1.807, 2.05) is 13.0 Å². The first-order valence-corrected chi connectivity index (χ1v) is 8.83. The van der Waals surface area contributed by atoms with E-state index in [0.29, 0.717) is 23.0 Å². The van der Waals surface area contributed by atoms with Crippen molar-refractivity contribution in [2.75, 3.05) is 22.1 Å². The second kappa shape index (κ2) is 8.87. The molecule has 0 fully saturated rings. The number of nitrogens with one attached hydrogen (secondary N) is 2. The minimum atomic E-state index is -0.610. The van der Waals surface area contributed by atoms with E-state index in [1.54, 1.807) is 24.3 Å². The second-order valence-corrected chi connectivity index (χ2v) is 6.27. The van der Waals surface area contributed by atoms with Crippen molar-refractivity contribution < 1.29 is 9.59 Å². The molecule has 1 aromatic heterocycles. The van der Waals surface area contributed by atoms with Crippen LogP contribution >= 0.6 is 11.8 Å². The standard InChI is InChI=1S/C16H19N7O2S/c1-3-13(23-15(18)21-22-16(23)26-9-8-17)14(25)20-12-6-4-11(5-7-12)19-10(2)24/h4-7,13H,3,9H2,1-2H3,(H2,18,21)(H,19,24)(H,20,25). The maximum atomic E-state index is 12.7. The molecule has 0 aliphatic rings. The molecule has 2 amide bonds. The van der Waals surface area contributed by atoms with Crippen LogP contribution in [0.2, 0.25) is 0 Å². The van der Waals surface area contributed by atoms with Crippen LogP contribution in [0.25, 0.3) is 0 Å². The van der Waals surface area contributed by atoms with E-state index in [9.17, 15) is 9.59 Å². The van der Waals surface area contributed by atoms with E-state index < -0.39 is 6.04 Å². The predicted octanol–water partition coefficient (Wildman–Crippen LogP) is 2.02. The third-order valence-electron chi connectivity index (χ3n) is 3.43. The molecule has 0 radical (unpaired) electrons. The summed E-state index contributed by atoms with van der Waals surface area (Å²) in [6.45, 7) is 3.27. The molecule has 0 bridgehead atoms. The average Bonchev–Trinajstić information content (AvgIpc) is 2.96. The van der Waals surface area contributed by atoms with Crippen LogP contribution in [0, 0.1) is 11.3 Å². The number of hydrogen-bond acceptors (Lipinski definition) is 7. The largest absolute Gasteiger partial charge is 0.368 e. The Bertz CT molecular complexity index is 826. The van der Waals surface area contributed by atoms with Gasteiger partial charge in [0.05, 0.1) is 11.8 Å². The molecule has 0 aliphatic carbocycles. The van der Waals surface area contributed by atoms with Crippen LogP contribution in [0.15, 0.2) is 29.4 Å². The average molecular weight is 373 g/mol. The molecule has 0 spiro atoms. The van der Waals surface area contributed by atoms with Crippen molar-refractivity contribution in [2.24, 2.45) is 0 Å². The maximum absolute atomic E-state index is 12.7. The molecule has 26 heavy (non-hydrogen) atoms. The molecule has 2 rings (SSSR count). The highest BCUT2D eigenvalue weighted by Gasteiger charge is 2.25. The number of nitrogen functional groups attached to an aromatic ring is 1. The number of thioether (sulfide) groups is 1. The summed E-state index contributed by atoms with van der Waals surface area (Å²) in [5.74, 6) is -0.141. The third-order valence-corrected chi connectivity index (χ3v) is 4.24. The number of hydrogen-bond donors (Lipinski definition) is 3. The molecule has 4 N–H and O–H groups in total. The van der Waals surface area contributed by atoms with Gasteiger partial charge in [-0.25, -0.2) is 0 Å². The Kier molecular flexibility index (Phi) is 6.57. The predicted molar refractivity (Wildman–Crippen MR) is 99.5 cm³/mol. The van der Waals surface area contributed by atoms with Crippen molar-refractivity contribution in [1.82, 2.24) is 14.8 Å². The van der Waals surface area contributed by atoms with E-state index in [4.69, 9.17) is 11.0 Å². The lowest BCUT2D eigenvalue weighted by molar-refractivity contribution is -0.119. The van der Waals surface area contributed by atoms with E-state index in [0.717, 1.165) is 0 Å². The molecule has 1 unspecified atom stereocenters. The van der Waals surface area contributed by atoms with Gasteiger partial charge >= 0.3 is 0 Å². The Morgan fingerprint density at radius 3 is 2.42 bits per heavy atom. The van der Waals surface area contributed by atoms with Gasteiger partial charge in [-0.3, -0.25) is 14.2 Å². The van der Waals surface area contributed by atoms with Crippen molar-refractivity contribution >= 4 is 40.9 Å². The Morgan fingerprint density at radius 1 is 1.27 bits per heavy atom. The summed E-state index contributed by atoms with van der Waals surface area (Å²) in [6, 6.07) is 8.17. The number of carbonyl (C=O) groups is 2. The van der Waals surface area contributed by atoms with Gasteiger partial charge in [0.15, 0.2) is 5.16 Å². The van der Waals surface area contributed by atoms with E-state index in [1.165, 1.54) is 23.3 Å². The maximum Gasteiger partial charge on any atom is 0.247 e. The van der Waals surface area contributed by atoms with Crippen molar-refractivity contribution in [3.8, 4) is 6.07 Å². The zero-order valence-corrected chi connectivity index (χ0v) is 15.2. The Hall–Kier alpha value is -3.06. The molecule has 10 heteroatoms. The van der Waals surface area contributed by atoms with Gasteiger partial charge in [0.25, 0.3) is 0 Å². The molecular formula is C16H19N7O2S. The van der Waals surface area contributed by atoms with Gasteiger partial charge in [0.2, 0.25) is 17.8 Å². The minimum absolute atomic E-state index is 0.119. The number of benzene rings is 1. The van der Waals surface area contributed by atoms with Crippen molar-refractivity contribution in [3.63, 3.8) is 0 Å². The number of anilines is 3. The second-order valence-electron chi connectivity index (χ2n) is 5.33. The zero-order valence-electron chi connectivity index (χ0n) is 14.4. The quantitative estimate of drug-likeness (QED) is 0.631. The first kappa shape index (κ1) is 19.3. The van der Waals surface area contributed by atoms with Gasteiger partial charge in [-0.05, 0) is 30.7 Å². The fraction of sp³-hybridized carbons (Fsp3) is 0.312. The van der Waals surface area contributed by atoms with Gasteiger partial charge < -0.3 is 16.4 Å². The normalized spacial score (nSPS) is 11.4. The summed E-state index contributed by atoms with van der Waals surface area (Å²) in [5, 5.41) is 22.4. The fourth-order valence-electron chi connectivity index (χ4n) is 2.33. The van der Waals surface area contributed by atoms with E-state index in [-0.39, 0.29) is 23.5 Å². The zero-order chi connectivity index (χ0) is 19.1. The number of nitriles is 1. The molecule has 1 atom stereocenters. The van der Waals surface area contributed by atoms with E-state index in [2.05, 4.69) is 20.8 Å². The lowest BCUT2D eigenvalue weighted by Gasteiger charge is -2.19. The van der Waals surface area contributed by atoms with Gasteiger partial charge in [0, 0.05) is 18.3 Å². The first-order valence-electron chi connectivity index (χ1n) is 7.84. The summed E-state index contributed by atoms with van der Waals surface area (Å²) < 4.78 is 1.53. The molecule has 2 aromatic rings. The van der Waals surface area contributed by atoms with Crippen LogP contribution in [-0.4, -0.2) is 32.3 Å². The number of rotatable bonds is 7. The topological polar surface area (TPSA) is 139 Å². The summed E-state index contributed by atoms with van der Waals surface area (Å²) in [4.78, 5) is 23.7. The molecule has 0 saturated carbocycles. The molecule has 0 saturated heterocycles. The smallest absolute Gasteiger partial charge is 0.247 e. The van der Waals surface area contributed by atoms with Crippen molar-refractivity contribution in [3.05, 3.63) is 24.3 Å². The highest BCUT2D eigenvalue weighted by molar-refractivity contribution is 7.99. The van der Waals surface area contributed by atoms with Gasteiger partial charge in [0.1, 0.15) is 6.04 Å². The first-order chi connectivity index (χ1) is 12.5. The lowest BCUT2D eigenvalue weighted by atomic mass is 10.2. The molecule has 9 nitrogen and oxygen atoms in total. The number of aromatic nitrogens is 3. The summed E-state index contributed by atoms with van der Waals surface area (Å²) >= 11 is 1.17. The van der Waals surface area contributed by atoms with E-state index >= 15 is 0 Å². The molecule has 1 heterocycles. The van der Waals surface area contributed by atoms with Gasteiger partial charge in [-0.1, -0.05) is 18.7 Å². The number of carbonyl (C=O) groups excluding carboxylic acids is 2. The molecular weight excluding hydrogens is 354 g/mol. The van der Waals surface area contributed by atoms with Crippen LogP contribution in [0.4, 0.5) is 17.3 Å². The summed E-state index contributed by atoms with van der Waals surface area (Å²) in [6.07, 6.45) is 0.470. The Morgan fingerprint density at radius 2 is 1.88 bits per heavy atom. The number of amides is 2. The summed E-state index contributed by atoms with van der Waals surface area (Å²) in [7, 11) is 0. The van der Waals surface area contributed by atoms with Crippen LogP contribution < -0.4 is 16.4 Å². The van der Waals surface area contributed by atoms with Crippen LogP contribution in [0.5, 0.6) is 0 Å². The van der Waals surface area contributed by atoms with Crippen LogP contribution in [-0.2, 0) is 9.59 Å². The van der Waals surface area contributed by atoms with Crippen molar-refractivity contribution in [2.45, 2.75) is 31.5 Å². The summed E-state index contributed by atoms with van der Waals surface area (Å²) in [5.41, 5.74) is 7.08. The minimum Gasteiger partial charge on any atom is -0.368 e. The van der Waals surface area contributed by atoms with Crippen molar-refractivity contribution in [1.29, 1.82) is 5.26 Å². The Balaban J connectivity index is 2.15. The molecule has 1 aromatic carbocycles. The lowest BCUT2D eigenvalue weighted by Crippen LogP contribution is -2.27. The van der Waals surface area contributed by atoms with Gasteiger partial charge in [-0.2, -0.15) is 5.26 Å². The highest BCUT2D eigenvalue weighted by atomic mass is 32.2. The number of nitrogens with zero attached hydrogens (tertiary/aromatic N) is 4. The SMILES string of the molecule is CCC(C(=O)Nc1ccc(NC(C)=O)cc1)n1c(N)nnc1SCC#N. The molecule has 0 aliphatic heterocycles. The van der Waals surface area contributed by atoms with Crippen LogP contribution in [0.1, 0.15) is 26.3 Å². The fourth-order valence-corrected chi connectivity index (χ4v) is 2.98. The Labute approximate surface area is 155 Å². The third kappa shape index (κ3) is 4.73. The number of nitrogens with two attached hydrogens (primary N) is 1.